The maximum absolute atomic E-state index is 11.1. The van der Waals surface area contributed by atoms with Crippen molar-refractivity contribution < 1.29 is 13.9 Å². The normalized spacial score (nSPS) is 12.9. The molecule has 0 aromatic carbocycles. The van der Waals surface area contributed by atoms with Crippen LogP contribution in [0.4, 0.5) is 0 Å². The molecule has 0 saturated carbocycles. The van der Waals surface area contributed by atoms with Crippen molar-refractivity contribution in [3.05, 3.63) is 24.1 Å². The molecule has 1 N–H and O–H groups in total. The molecular weight excluding hydrogens is 194 g/mol. The number of ether oxygens (including phenoxy) is 1. The van der Waals surface area contributed by atoms with Crippen molar-refractivity contribution in [2.45, 2.75) is 26.4 Å². The Kier molecular flexibility index (Phi) is 2.49. The van der Waals surface area contributed by atoms with Gasteiger partial charge in [0.1, 0.15) is 5.76 Å². The molecule has 0 aliphatic heterocycles. The number of H-pyrrole nitrogens is 1. The number of hydrogen-bond donors (Lipinski definition) is 1. The summed E-state index contributed by atoms with van der Waals surface area (Å²) in [7, 11) is 0. The topological polar surface area (TPSA) is 55.2 Å². The summed E-state index contributed by atoms with van der Waals surface area (Å²) in [5.41, 5.74) is 1.70. The summed E-state index contributed by atoms with van der Waals surface area (Å²) >= 11 is 0. The first-order valence-electron chi connectivity index (χ1n) is 4.97. The van der Waals surface area contributed by atoms with Gasteiger partial charge < -0.3 is 14.1 Å². The fraction of sp³-hybridized carbons (Fsp3) is 0.364. The van der Waals surface area contributed by atoms with Gasteiger partial charge in [0.25, 0.3) is 0 Å². The standard InChI is InChI=1S/C11H13NO3/c1-3-11(13)14-7(2)10-6-8-9(15-10)4-5-12-8/h4-7,12H,3H2,1-2H3. The van der Waals surface area contributed by atoms with E-state index in [0.29, 0.717) is 12.2 Å². The third kappa shape index (κ3) is 1.88. The van der Waals surface area contributed by atoms with E-state index >= 15 is 0 Å². The highest BCUT2D eigenvalue weighted by Gasteiger charge is 2.15. The maximum atomic E-state index is 11.1. The summed E-state index contributed by atoms with van der Waals surface area (Å²) in [5.74, 6) is 0.446. The highest BCUT2D eigenvalue weighted by Crippen LogP contribution is 2.25. The van der Waals surface area contributed by atoms with Crippen molar-refractivity contribution >= 4 is 17.1 Å². The molecule has 0 aliphatic carbocycles. The van der Waals surface area contributed by atoms with Crippen LogP contribution in [0.1, 0.15) is 32.1 Å². The van der Waals surface area contributed by atoms with E-state index in [1.807, 2.05) is 12.1 Å². The van der Waals surface area contributed by atoms with Crippen LogP contribution in [0.25, 0.3) is 11.1 Å². The molecular formula is C11H13NO3. The van der Waals surface area contributed by atoms with Crippen LogP contribution in [-0.2, 0) is 9.53 Å². The van der Waals surface area contributed by atoms with Crippen LogP contribution < -0.4 is 0 Å². The lowest BCUT2D eigenvalue weighted by Crippen LogP contribution is -2.06. The SMILES string of the molecule is CCC(=O)OC(C)c1cc2[nH]ccc2o1. The molecule has 0 radical (unpaired) electrons. The van der Waals surface area contributed by atoms with Gasteiger partial charge >= 0.3 is 5.97 Å². The highest BCUT2D eigenvalue weighted by molar-refractivity contribution is 5.74. The van der Waals surface area contributed by atoms with E-state index in [0.717, 1.165) is 11.1 Å². The van der Waals surface area contributed by atoms with E-state index < -0.39 is 0 Å². The number of hydrogen-bond acceptors (Lipinski definition) is 3. The van der Waals surface area contributed by atoms with Gasteiger partial charge in [-0.1, -0.05) is 6.92 Å². The lowest BCUT2D eigenvalue weighted by molar-refractivity contribution is -0.148. The van der Waals surface area contributed by atoms with Crippen LogP contribution in [-0.4, -0.2) is 11.0 Å². The number of furan rings is 1. The second kappa shape index (κ2) is 3.81. The van der Waals surface area contributed by atoms with Crippen LogP contribution in [0.3, 0.4) is 0 Å². The minimum Gasteiger partial charge on any atom is -0.455 e. The van der Waals surface area contributed by atoms with E-state index in [1.54, 1.807) is 20.0 Å². The number of rotatable bonds is 3. The minimum atomic E-state index is -0.335. The van der Waals surface area contributed by atoms with Gasteiger partial charge in [0.15, 0.2) is 11.7 Å². The van der Waals surface area contributed by atoms with E-state index in [9.17, 15) is 4.79 Å². The maximum Gasteiger partial charge on any atom is 0.306 e. The Morgan fingerprint density at radius 3 is 3.13 bits per heavy atom. The Morgan fingerprint density at radius 1 is 1.67 bits per heavy atom. The van der Waals surface area contributed by atoms with E-state index in [4.69, 9.17) is 9.15 Å². The van der Waals surface area contributed by atoms with Gasteiger partial charge in [-0.2, -0.15) is 0 Å². The second-order valence-corrected chi connectivity index (χ2v) is 3.39. The zero-order valence-electron chi connectivity index (χ0n) is 8.74. The molecule has 0 saturated heterocycles. The first kappa shape index (κ1) is 9.83. The van der Waals surface area contributed by atoms with Crippen molar-refractivity contribution in [2.75, 3.05) is 0 Å². The van der Waals surface area contributed by atoms with Gasteiger partial charge in [-0.3, -0.25) is 4.79 Å². The molecule has 0 fully saturated rings. The molecule has 2 aromatic rings. The zero-order valence-corrected chi connectivity index (χ0v) is 8.74. The largest absolute Gasteiger partial charge is 0.455 e. The van der Waals surface area contributed by atoms with Crippen LogP contribution in [0.15, 0.2) is 22.7 Å². The van der Waals surface area contributed by atoms with Crippen LogP contribution in [0.2, 0.25) is 0 Å². The molecule has 1 unspecified atom stereocenters. The smallest absolute Gasteiger partial charge is 0.306 e. The molecule has 2 heterocycles. The van der Waals surface area contributed by atoms with Gasteiger partial charge in [0, 0.05) is 18.7 Å². The number of fused-ring (bicyclic) bond motifs is 1. The fourth-order valence-corrected chi connectivity index (χ4v) is 1.41. The molecule has 0 bridgehead atoms. The lowest BCUT2D eigenvalue weighted by atomic mass is 10.3. The Hall–Kier alpha value is -1.71. The number of carbonyl (C=O) groups excluding carboxylic acids is 1. The van der Waals surface area contributed by atoms with Crippen LogP contribution in [0, 0.1) is 0 Å². The number of carbonyl (C=O) groups is 1. The average Bonchev–Trinajstić information content (AvgIpc) is 2.76. The number of esters is 1. The lowest BCUT2D eigenvalue weighted by Gasteiger charge is -2.09. The molecule has 0 spiro atoms. The first-order valence-corrected chi connectivity index (χ1v) is 4.97. The van der Waals surface area contributed by atoms with Crippen molar-refractivity contribution in [2.24, 2.45) is 0 Å². The van der Waals surface area contributed by atoms with Crippen LogP contribution in [0.5, 0.6) is 0 Å². The summed E-state index contributed by atoms with van der Waals surface area (Å²) in [4.78, 5) is 14.1. The number of nitrogens with one attached hydrogen (secondary N) is 1. The summed E-state index contributed by atoms with van der Waals surface area (Å²) in [6.45, 7) is 3.56. The molecule has 2 aromatic heterocycles. The van der Waals surface area contributed by atoms with E-state index in [-0.39, 0.29) is 12.1 Å². The molecule has 4 heteroatoms. The van der Waals surface area contributed by atoms with Crippen molar-refractivity contribution in [3.8, 4) is 0 Å². The Morgan fingerprint density at radius 2 is 2.47 bits per heavy atom. The van der Waals surface area contributed by atoms with Crippen LogP contribution >= 0.6 is 0 Å². The summed E-state index contributed by atoms with van der Waals surface area (Å²) in [6.07, 6.45) is 1.85. The Bertz CT molecular complexity index is 440. The predicted octanol–water partition coefficient (Wildman–Crippen LogP) is 2.78. The Labute approximate surface area is 87.2 Å². The van der Waals surface area contributed by atoms with Crippen molar-refractivity contribution in [3.63, 3.8) is 0 Å². The van der Waals surface area contributed by atoms with Gasteiger partial charge in [0.2, 0.25) is 0 Å². The van der Waals surface area contributed by atoms with E-state index in [2.05, 4.69) is 4.98 Å². The summed E-state index contributed by atoms with van der Waals surface area (Å²) < 4.78 is 10.6. The number of aromatic amines is 1. The van der Waals surface area contributed by atoms with Gasteiger partial charge in [-0.25, -0.2) is 0 Å². The molecule has 15 heavy (non-hydrogen) atoms. The molecule has 0 amide bonds. The molecule has 2 rings (SSSR count). The quantitative estimate of drug-likeness (QED) is 0.787. The summed E-state index contributed by atoms with van der Waals surface area (Å²) in [6, 6.07) is 3.69. The zero-order chi connectivity index (χ0) is 10.8. The van der Waals surface area contributed by atoms with Gasteiger partial charge in [0.05, 0.1) is 5.52 Å². The number of aromatic nitrogens is 1. The van der Waals surface area contributed by atoms with E-state index in [1.165, 1.54) is 0 Å². The van der Waals surface area contributed by atoms with Crippen molar-refractivity contribution in [1.29, 1.82) is 0 Å². The Balaban J connectivity index is 2.16. The highest BCUT2D eigenvalue weighted by atomic mass is 16.5. The van der Waals surface area contributed by atoms with Crippen molar-refractivity contribution in [1.82, 2.24) is 4.98 Å². The monoisotopic (exact) mass is 207 g/mol. The average molecular weight is 207 g/mol. The molecule has 0 aliphatic rings. The molecule has 1 atom stereocenters. The second-order valence-electron chi connectivity index (χ2n) is 3.39. The summed E-state index contributed by atoms with van der Waals surface area (Å²) in [5, 5.41) is 0. The fourth-order valence-electron chi connectivity index (χ4n) is 1.41. The van der Waals surface area contributed by atoms with Gasteiger partial charge in [-0.05, 0) is 13.0 Å². The predicted molar refractivity (Wildman–Crippen MR) is 55.4 cm³/mol. The third-order valence-corrected chi connectivity index (χ3v) is 2.25. The van der Waals surface area contributed by atoms with Gasteiger partial charge in [-0.15, -0.1) is 0 Å². The minimum absolute atomic E-state index is 0.220. The first-order chi connectivity index (χ1) is 7.20. The molecule has 4 nitrogen and oxygen atoms in total. The third-order valence-electron chi connectivity index (χ3n) is 2.25. The molecule has 80 valence electrons.